The van der Waals surface area contributed by atoms with Crippen LogP contribution < -0.4 is 0 Å². The zero-order valence-electron chi connectivity index (χ0n) is 15.2. The third kappa shape index (κ3) is 3.17. The number of aromatic nitrogens is 3. The molecule has 0 aromatic carbocycles. The second kappa shape index (κ2) is 6.91. The van der Waals surface area contributed by atoms with Gasteiger partial charge in [-0.25, -0.2) is 9.67 Å². The molecule has 1 aliphatic rings. The molecule has 0 N–H and O–H groups in total. The summed E-state index contributed by atoms with van der Waals surface area (Å²) >= 11 is 0. The van der Waals surface area contributed by atoms with Crippen LogP contribution in [-0.4, -0.2) is 38.7 Å². The van der Waals surface area contributed by atoms with Crippen molar-refractivity contribution in [1.82, 2.24) is 19.7 Å². The summed E-state index contributed by atoms with van der Waals surface area (Å²) in [6.45, 7) is 10.0. The van der Waals surface area contributed by atoms with Crippen LogP contribution in [0, 0.1) is 0 Å². The van der Waals surface area contributed by atoms with Crippen LogP contribution in [0.5, 0.6) is 0 Å². The number of carbonyl (C=O) groups excluding carboxylic acids is 1. The summed E-state index contributed by atoms with van der Waals surface area (Å²) < 4.78 is 1.93. The van der Waals surface area contributed by atoms with Crippen molar-refractivity contribution < 1.29 is 4.79 Å². The van der Waals surface area contributed by atoms with E-state index in [4.69, 9.17) is 4.98 Å². The zero-order chi connectivity index (χ0) is 17.3. The van der Waals surface area contributed by atoms with Gasteiger partial charge < -0.3 is 4.90 Å². The minimum Gasteiger partial charge on any atom is -0.339 e. The Kier molecular flexibility index (Phi) is 4.88. The van der Waals surface area contributed by atoms with Crippen LogP contribution in [0.3, 0.4) is 0 Å². The van der Waals surface area contributed by atoms with Crippen LogP contribution in [0.25, 0.3) is 11.0 Å². The number of hydrogen-bond donors (Lipinski definition) is 0. The molecule has 2 aromatic heterocycles. The van der Waals surface area contributed by atoms with Crippen LogP contribution in [0.15, 0.2) is 12.3 Å². The zero-order valence-corrected chi connectivity index (χ0v) is 15.2. The Balaban J connectivity index is 2.09. The van der Waals surface area contributed by atoms with Gasteiger partial charge in [0.15, 0.2) is 5.65 Å². The van der Waals surface area contributed by atoms with E-state index in [1.54, 1.807) is 0 Å². The third-order valence-electron chi connectivity index (χ3n) is 4.58. The quantitative estimate of drug-likeness (QED) is 0.767. The number of pyridine rings is 1. The molecule has 2 heterocycles. The molecule has 1 amide bonds. The Labute approximate surface area is 144 Å². The van der Waals surface area contributed by atoms with E-state index in [0.717, 1.165) is 48.2 Å². The highest BCUT2D eigenvalue weighted by atomic mass is 16.2. The SMILES string of the molecule is CCCN(CCC)C(=O)c1cc(C2CC2)nc2c1cnn2C(C)C. The third-order valence-corrected chi connectivity index (χ3v) is 4.58. The van der Waals surface area contributed by atoms with E-state index >= 15 is 0 Å². The van der Waals surface area contributed by atoms with Crippen LogP contribution in [-0.2, 0) is 0 Å². The van der Waals surface area contributed by atoms with Crippen molar-refractivity contribution in [1.29, 1.82) is 0 Å². The molecule has 0 saturated heterocycles. The number of rotatable bonds is 7. The number of amides is 1. The molecule has 1 saturated carbocycles. The van der Waals surface area contributed by atoms with Gasteiger partial charge in [0.2, 0.25) is 0 Å². The minimum absolute atomic E-state index is 0.122. The normalized spacial score (nSPS) is 14.5. The Morgan fingerprint density at radius 2 is 1.96 bits per heavy atom. The van der Waals surface area contributed by atoms with E-state index in [1.165, 1.54) is 12.8 Å². The number of fused-ring (bicyclic) bond motifs is 1. The van der Waals surface area contributed by atoms with Gasteiger partial charge in [0, 0.05) is 30.7 Å². The molecule has 0 unspecified atom stereocenters. The Morgan fingerprint density at radius 1 is 1.29 bits per heavy atom. The van der Waals surface area contributed by atoms with E-state index in [-0.39, 0.29) is 11.9 Å². The van der Waals surface area contributed by atoms with E-state index < -0.39 is 0 Å². The second-order valence-electron chi connectivity index (χ2n) is 7.08. The summed E-state index contributed by atoms with van der Waals surface area (Å²) in [6.07, 6.45) is 6.11. The highest BCUT2D eigenvalue weighted by molar-refractivity contribution is 6.05. The van der Waals surface area contributed by atoms with Crippen molar-refractivity contribution >= 4 is 16.9 Å². The molecule has 0 bridgehead atoms. The smallest absolute Gasteiger partial charge is 0.254 e. The van der Waals surface area contributed by atoms with Crippen molar-refractivity contribution in [2.24, 2.45) is 0 Å². The first kappa shape index (κ1) is 16.9. The standard InChI is InChI=1S/C19H28N4O/c1-5-9-22(10-6-2)19(24)15-11-17(14-7-8-14)21-18-16(15)12-20-23(18)13(3)4/h11-14H,5-10H2,1-4H3. The second-order valence-corrected chi connectivity index (χ2v) is 7.08. The first-order valence-corrected chi connectivity index (χ1v) is 9.24. The van der Waals surface area contributed by atoms with Crippen LogP contribution in [0.4, 0.5) is 0 Å². The predicted octanol–water partition coefficient (Wildman–Crippen LogP) is 4.15. The summed E-state index contributed by atoms with van der Waals surface area (Å²) in [5, 5.41) is 5.38. The molecule has 2 aromatic rings. The van der Waals surface area contributed by atoms with Crippen molar-refractivity contribution in [2.75, 3.05) is 13.1 Å². The van der Waals surface area contributed by atoms with Gasteiger partial charge in [-0.1, -0.05) is 13.8 Å². The van der Waals surface area contributed by atoms with Crippen molar-refractivity contribution in [3.05, 3.63) is 23.5 Å². The average Bonchev–Trinajstić information content (AvgIpc) is 3.32. The first-order chi connectivity index (χ1) is 11.6. The monoisotopic (exact) mass is 328 g/mol. The molecule has 5 heteroatoms. The molecule has 1 fully saturated rings. The lowest BCUT2D eigenvalue weighted by molar-refractivity contribution is 0.0757. The lowest BCUT2D eigenvalue weighted by atomic mass is 10.1. The fraction of sp³-hybridized carbons (Fsp3) is 0.632. The van der Waals surface area contributed by atoms with Gasteiger partial charge in [-0.15, -0.1) is 0 Å². The molecule has 24 heavy (non-hydrogen) atoms. The van der Waals surface area contributed by atoms with Crippen molar-refractivity contribution in [2.45, 2.75) is 65.3 Å². The summed E-state index contributed by atoms with van der Waals surface area (Å²) in [6, 6.07) is 2.25. The summed E-state index contributed by atoms with van der Waals surface area (Å²) in [5.41, 5.74) is 2.68. The minimum atomic E-state index is 0.122. The maximum atomic E-state index is 13.2. The maximum Gasteiger partial charge on any atom is 0.254 e. The molecule has 0 atom stereocenters. The van der Waals surface area contributed by atoms with Crippen molar-refractivity contribution in [3.63, 3.8) is 0 Å². The fourth-order valence-electron chi connectivity index (χ4n) is 3.21. The van der Waals surface area contributed by atoms with Gasteiger partial charge in [0.1, 0.15) is 0 Å². The Morgan fingerprint density at radius 3 is 2.50 bits per heavy atom. The molecule has 3 rings (SSSR count). The Hall–Kier alpha value is -1.91. The van der Waals surface area contributed by atoms with E-state index in [2.05, 4.69) is 32.8 Å². The highest BCUT2D eigenvalue weighted by Gasteiger charge is 2.29. The van der Waals surface area contributed by atoms with Crippen LogP contribution >= 0.6 is 0 Å². The molecule has 0 aliphatic heterocycles. The summed E-state index contributed by atoms with van der Waals surface area (Å²) in [7, 11) is 0. The van der Waals surface area contributed by atoms with Crippen LogP contribution in [0.1, 0.15) is 81.4 Å². The fourth-order valence-corrected chi connectivity index (χ4v) is 3.21. The molecule has 1 aliphatic carbocycles. The lowest BCUT2D eigenvalue weighted by Gasteiger charge is -2.22. The molecule has 0 spiro atoms. The molecule has 5 nitrogen and oxygen atoms in total. The van der Waals surface area contributed by atoms with Crippen molar-refractivity contribution in [3.8, 4) is 0 Å². The number of carbonyl (C=O) groups is 1. The summed E-state index contributed by atoms with van der Waals surface area (Å²) in [4.78, 5) is 20.0. The van der Waals surface area contributed by atoms with E-state index in [1.807, 2.05) is 21.8 Å². The number of hydrogen-bond acceptors (Lipinski definition) is 3. The van der Waals surface area contributed by atoms with Gasteiger partial charge in [-0.05, 0) is 45.6 Å². The highest BCUT2D eigenvalue weighted by Crippen LogP contribution is 2.40. The van der Waals surface area contributed by atoms with Gasteiger partial charge in [0.25, 0.3) is 5.91 Å². The lowest BCUT2D eigenvalue weighted by Crippen LogP contribution is -2.32. The average molecular weight is 328 g/mol. The van der Waals surface area contributed by atoms with Gasteiger partial charge in [-0.2, -0.15) is 5.10 Å². The topological polar surface area (TPSA) is 51.0 Å². The first-order valence-electron chi connectivity index (χ1n) is 9.24. The van der Waals surface area contributed by atoms with Crippen LogP contribution in [0.2, 0.25) is 0 Å². The predicted molar refractivity (Wildman–Crippen MR) is 96.4 cm³/mol. The maximum absolute atomic E-state index is 13.2. The summed E-state index contributed by atoms with van der Waals surface area (Å²) in [5.74, 6) is 0.638. The number of nitrogens with zero attached hydrogens (tertiary/aromatic N) is 4. The van der Waals surface area contributed by atoms with E-state index in [0.29, 0.717) is 5.92 Å². The van der Waals surface area contributed by atoms with Gasteiger partial charge in [0.05, 0.1) is 17.1 Å². The molecule has 0 radical (unpaired) electrons. The van der Waals surface area contributed by atoms with E-state index in [9.17, 15) is 4.79 Å². The Bertz CT molecular complexity index is 724. The largest absolute Gasteiger partial charge is 0.339 e. The molecule has 130 valence electrons. The van der Waals surface area contributed by atoms with Gasteiger partial charge in [-0.3, -0.25) is 4.79 Å². The molecular formula is C19H28N4O. The molecular weight excluding hydrogens is 300 g/mol. The van der Waals surface area contributed by atoms with Gasteiger partial charge >= 0.3 is 0 Å².